The molecule has 0 saturated heterocycles. The summed E-state index contributed by atoms with van der Waals surface area (Å²) in [6.07, 6.45) is 4.09. The maximum absolute atomic E-state index is 3.64. The maximum atomic E-state index is 3.64. The monoisotopic (exact) mass is 253 g/mol. The van der Waals surface area contributed by atoms with Crippen LogP contribution in [0.1, 0.15) is 37.8 Å². The number of halogens is 1. The number of benzene rings is 1. The molecule has 0 bridgehead atoms. The third-order valence-electron chi connectivity index (χ3n) is 2.96. The quantitative estimate of drug-likeness (QED) is 0.868. The highest BCUT2D eigenvalue weighted by atomic mass is 79.9. The first kappa shape index (κ1) is 10.2. The molecule has 2 heteroatoms. The van der Waals surface area contributed by atoms with E-state index in [9.17, 15) is 0 Å². The van der Waals surface area contributed by atoms with Crippen molar-refractivity contribution in [3.8, 4) is 0 Å². The molecule has 1 aromatic rings. The van der Waals surface area contributed by atoms with E-state index in [0.29, 0.717) is 6.04 Å². The lowest BCUT2D eigenvalue weighted by Crippen LogP contribution is -2.36. The number of nitrogens with one attached hydrogen (secondary N) is 1. The van der Waals surface area contributed by atoms with Gasteiger partial charge in [-0.2, -0.15) is 0 Å². The minimum Gasteiger partial charge on any atom is -0.307 e. The molecule has 76 valence electrons. The van der Waals surface area contributed by atoms with E-state index in [1.807, 2.05) is 0 Å². The topological polar surface area (TPSA) is 12.0 Å². The van der Waals surface area contributed by atoms with E-state index in [0.717, 1.165) is 10.5 Å². The van der Waals surface area contributed by atoms with Gasteiger partial charge in [0.25, 0.3) is 0 Å². The van der Waals surface area contributed by atoms with Crippen LogP contribution in [0.5, 0.6) is 0 Å². The largest absolute Gasteiger partial charge is 0.307 e. The highest BCUT2D eigenvalue weighted by Gasteiger charge is 2.19. The average molecular weight is 254 g/mol. The molecular formula is C12H16BrN. The summed E-state index contributed by atoms with van der Waals surface area (Å²) >= 11 is 3.45. The Hall–Kier alpha value is -0.340. The van der Waals surface area contributed by atoms with Crippen LogP contribution >= 0.6 is 15.9 Å². The van der Waals surface area contributed by atoms with E-state index in [2.05, 4.69) is 52.4 Å². The van der Waals surface area contributed by atoms with Crippen LogP contribution in [-0.4, -0.2) is 6.04 Å². The van der Waals surface area contributed by atoms with Crippen molar-refractivity contribution in [3.05, 3.63) is 34.3 Å². The molecule has 0 spiro atoms. The summed E-state index contributed by atoms with van der Waals surface area (Å²) in [5, 5.41) is 3.64. The number of hydrogen-bond acceptors (Lipinski definition) is 1. The van der Waals surface area contributed by atoms with Crippen molar-refractivity contribution in [3.63, 3.8) is 0 Å². The zero-order valence-electron chi connectivity index (χ0n) is 8.46. The van der Waals surface area contributed by atoms with Crippen LogP contribution in [-0.2, 0) is 0 Å². The van der Waals surface area contributed by atoms with Crippen molar-refractivity contribution < 1.29 is 0 Å². The summed E-state index contributed by atoms with van der Waals surface area (Å²) in [4.78, 5) is 0. The Morgan fingerprint density at radius 1 is 1.29 bits per heavy atom. The molecule has 1 aliphatic rings. The smallest absolute Gasteiger partial charge is 0.0294 e. The molecule has 1 aliphatic carbocycles. The van der Waals surface area contributed by atoms with Gasteiger partial charge in [0.15, 0.2) is 0 Å². The van der Waals surface area contributed by atoms with Crippen LogP contribution in [0, 0.1) is 0 Å². The Morgan fingerprint density at radius 3 is 2.43 bits per heavy atom. The van der Waals surface area contributed by atoms with Crippen molar-refractivity contribution >= 4 is 15.9 Å². The second kappa shape index (κ2) is 4.45. The molecule has 0 aromatic heterocycles. The van der Waals surface area contributed by atoms with Gasteiger partial charge < -0.3 is 5.32 Å². The lowest BCUT2D eigenvalue weighted by atomic mass is 9.92. The Labute approximate surface area is 94.0 Å². The van der Waals surface area contributed by atoms with Crippen molar-refractivity contribution in [1.82, 2.24) is 5.32 Å². The Kier molecular flexibility index (Phi) is 3.24. The standard InChI is InChI=1S/C12H16BrN/c1-9(14-12-3-2-4-12)10-5-7-11(13)8-6-10/h5-9,12,14H,2-4H2,1H3/t9-/m1/s1. The molecule has 0 amide bonds. The molecule has 1 atom stereocenters. The molecule has 0 heterocycles. The van der Waals surface area contributed by atoms with Crippen molar-refractivity contribution in [2.45, 2.75) is 38.3 Å². The molecule has 2 rings (SSSR count). The molecule has 0 radical (unpaired) electrons. The molecule has 1 aromatic carbocycles. The molecule has 1 saturated carbocycles. The normalized spacial score (nSPS) is 19.0. The minimum absolute atomic E-state index is 0.480. The second-order valence-corrected chi connectivity index (χ2v) is 4.98. The van der Waals surface area contributed by atoms with Gasteiger partial charge in [-0.25, -0.2) is 0 Å². The van der Waals surface area contributed by atoms with E-state index in [4.69, 9.17) is 0 Å². The highest BCUT2D eigenvalue weighted by Crippen LogP contribution is 2.23. The SMILES string of the molecule is C[C@@H](NC1CCC1)c1ccc(Br)cc1. The van der Waals surface area contributed by atoms with Crippen LogP contribution < -0.4 is 5.32 Å². The van der Waals surface area contributed by atoms with E-state index < -0.39 is 0 Å². The lowest BCUT2D eigenvalue weighted by molar-refractivity contribution is 0.313. The van der Waals surface area contributed by atoms with Gasteiger partial charge in [0.2, 0.25) is 0 Å². The molecule has 1 fully saturated rings. The van der Waals surface area contributed by atoms with Crippen LogP contribution in [0.2, 0.25) is 0 Å². The van der Waals surface area contributed by atoms with Crippen molar-refractivity contribution in [1.29, 1.82) is 0 Å². The Bertz CT molecular complexity index is 290. The zero-order valence-corrected chi connectivity index (χ0v) is 10.0. The van der Waals surface area contributed by atoms with Gasteiger partial charge in [0.1, 0.15) is 0 Å². The van der Waals surface area contributed by atoms with Gasteiger partial charge in [-0.05, 0) is 37.5 Å². The molecule has 1 nitrogen and oxygen atoms in total. The van der Waals surface area contributed by atoms with Crippen LogP contribution in [0.3, 0.4) is 0 Å². The molecule has 0 aliphatic heterocycles. The molecule has 1 N–H and O–H groups in total. The molecular weight excluding hydrogens is 238 g/mol. The van der Waals surface area contributed by atoms with Gasteiger partial charge in [-0.3, -0.25) is 0 Å². The number of hydrogen-bond donors (Lipinski definition) is 1. The van der Waals surface area contributed by atoms with Crippen LogP contribution in [0.4, 0.5) is 0 Å². The van der Waals surface area contributed by atoms with Crippen LogP contribution in [0.25, 0.3) is 0 Å². The molecule has 0 unspecified atom stereocenters. The maximum Gasteiger partial charge on any atom is 0.0294 e. The van der Waals surface area contributed by atoms with Gasteiger partial charge in [-0.1, -0.05) is 34.5 Å². The Balaban J connectivity index is 1.95. The van der Waals surface area contributed by atoms with E-state index in [1.165, 1.54) is 24.8 Å². The number of rotatable bonds is 3. The van der Waals surface area contributed by atoms with Crippen molar-refractivity contribution in [2.24, 2.45) is 0 Å². The third kappa shape index (κ3) is 2.37. The first-order valence-electron chi connectivity index (χ1n) is 5.27. The fraction of sp³-hybridized carbons (Fsp3) is 0.500. The highest BCUT2D eigenvalue weighted by molar-refractivity contribution is 9.10. The van der Waals surface area contributed by atoms with E-state index in [1.54, 1.807) is 0 Å². The Morgan fingerprint density at radius 2 is 1.93 bits per heavy atom. The fourth-order valence-corrected chi connectivity index (χ4v) is 2.04. The summed E-state index contributed by atoms with van der Waals surface area (Å²) in [7, 11) is 0. The van der Waals surface area contributed by atoms with Gasteiger partial charge in [0.05, 0.1) is 0 Å². The average Bonchev–Trinajstić information content (AvgIpc) is 2.12. The first-order chi connectivity index (χ1) is 6.75. The van der Waals surface area contributed by atoms with Crippen LogP contribution in [0.15, 0.2) is 28.7 Å². The minimum atomic E-state index is 0.480. The lowest BCUT2D eigenvalue weighted by Gasteiger charge is -2.30. The van der Waals surface area contributed by atoms with Gasteiger partial charge in [0, 0.05) is 16.6 Å². The van der Waals surface area contributed by atoms with E-state index in [-0.39, 0.29) is 0 Å². The molecule has 14 heavy (non-hydrogen) atoms. The summed E-state index contributed by atoms with van der Waals surface area (Å²) in [6, 6.07) is 9.81. The van der Waals surface area contributed by atoms with E-state index >= 15 is 0 Å². The predicted octanol–water partition coefficient (Wildman–Crippen LogP) is 3.65. The second-order valence-electron chi connectivity index (χ2n) is 4.07. The fourth-order valence-electron chi connectivity index (χ4n) is 1.78. The van der Waals surface area contributed by atoms with Gasteiger partial charge in [-0.15, -0.1) is 0 Å². The zero-order chi connectivity index (χ0) is 9.97. The predicted molar refractivity (Wildman–Crippen MR) is 63.3 cm³/mol. The third-order valence-corrected chi connectivity index (χ3v) is 3.49. The first-order valence-corrected chi connectivity index (χ1v) is 6.06. The van der Waals surface area contributed by atoms with Crippen molar-refractivity contribution in [2.75, 3.05) is 0 Å². The summed E-state index contributed by atoms with van der Waals surface area (Å²) in [5.74, 6) is 0. The van der Waals surface area contributed by atoms with Gasteiger partial charge >= 0.3 is 0 Å². The summed E-state index contributed by atoms with van der Waals surface area (Å²) in [6.45, 7) is 2.24. The summed E-state index contributed by atoms with van der Waals surface area (Å²) < 4.78 is 1.15. The summed E-state index contributed by atoms with van der Waals surface area (Å²) in [5.41, 5.74) is 1.38.